The molecule has 1 aromatic rings. The molecule has 31 heavy (non-hydrogen) atoms. The number of fused-ring (bicyclic) bond motifs is 3. The lowest BCUT2D eigenvalue weighted by Crippen LogP contribution is -2.54. The Morgan fingerprint density at radius 3 is 2.71 bits per heavy atom. The van der Waals surface area contributed by atoms with Crippen LogP contribution in [0.1, 0.15) is 76.8 Å². The van der Waals surface area contributed by atoms with Gasteiger partial charge in [-0.25, -0.2) is 0 Å². The van der Waals surface area contributed by atoms with Crippen LogP contribution in [0, 0.1) is 30.1 Å². The first kappa shape index (κ1) is 22.8. The lowest BCUT2D eigenvalue weighted by molar-refractivity contribution is -0.218. The monoisotopic (exact) mass is 427 g/mol. The molecule has 4 heteroatoms. The van der Waals surface area contributed by atoms with Crippen LogP contribution in [-0.2, 0) is 9.47 Å². The predicted octanol–water partition coefficient (Wildman–Crippen LogP) is 6.48. The number of hydrogen-bond acceptors (Lipinski definition) is 4. The molecule has 0 radical (unpaired) electrons. The van der Waals surface area contributed by atoms with Crippen LogP contribution in [0.4, 0.5) is 0 Å². The van der Waals surface area contributed by atoms with Gasteiger partial charge in [-0.2, -0.15) is 0 Å². The average molecular weight is 428 g/mol. The van der Waals surface area contributed by atoms with Crippen LogP contribution in [0.5, 0.6) is 5.75 Å². The number of rotatable bonds is 4. The molecule has 4 aliphatic rings. The van der Waals surface area contributed by atoms with Crippen molar-refractivity contribution in [2.24, 2.45) is 23.2 Å². The van der Waals surface area contributed by atoms with Crippen molar-refractivity contribution in [3.8, 4) is 5.75 Å². The zero-order valence-corrected chi connectivity index (χ0v) is 19.6. The van der Waals surface area contributed by atoms with E-state index in [1.54, 1.807) is 0 Å². The number of aromatic nitrogens is 1. The Hall–Kier alpha value is -1.39. The van der Waals surface area contributed by atoms with Crippen molar-refractivity contribution in [1.29, 1.82) is 0 Å². The van der Waals surface area contributed by atoms with E-state index in [1.807, 2.05) is 25.3 Å². The van der Waals surface area contributed by atoms with E-state index >= 15 is 0 Å². The molecule has 0 aromatic carbocycles. The predicted molar refractivity (Wildman–Crippen MR) is 124 cm³/mol. The summed E-state index contributed by atoms with van der Waals surface area (Å²) in [5.41, 5.74) is 2.69. The molecular weight excluding hydrogens is 386 g/mol. The Morgan fingerprint density at radius 2 is 1.97 bits per heavy atom. The van der Waals surface area contributed by atoms with Gasteiger partial charge < -0.3 is 14.2 Å². The molecule has 2 heterocycles. The van der Waals surface area contributed by atoms with E-state index in [4.69, 9.17) is 14.2 Å². The summed E-state index contributed by atoms with van der Waals surface area (Å²) in [7, 11) is 0. The summed E-state index contributed by atoms with van der Waals surface area (Å²) in [6.07, 6.45) is 15.5. The minimum absolute atomic E-state index is 0.290. The fourth-order valence-electron chi connectivity index (χ4n) is 6.63. The quantitative estimate of drug-likeness (QED) is 0.516. The van der Waals surface area contributed by atoms with Gasteiger partial charge >= 0.3 is 0 Å². The van der Waals surface area contributed by atoms with Crippen molar-refractivity contribution < 1.29 is 14.2 Å². The molecule has 1 saturated heterocycles. The summed E-state index contributed by atoms with van der Waals surface area (Å²) in [5.74, 6) is 2.65. The standard InChI is InChI=1S/C22H31NO3.C5H10/c1-15-4-5-20-18-13-24-14-26-21(18)6-9-22(20,3)19(15)8-11-25-17-7-10-23-16(2)12-17;1-2-4-5-3-1/h7,10,12,18-21H,1,4-6,8-9,11,13-14H2,2-3H3;1-5H2. The first-order valence-electron chi connectivity index (χ1n) is 12.5. The summed E-state index contributed by atoms with van der Waals surface area (Å²) in [6, 6.07) is 3.94. The molecule has 172 valence electrons. The van der Waals surface area contributed by atoms with Gasteiger partial charge in [-0.3, -0.25) is 4.98 Å². The third kappa shape index (κ3) is 5.34. The second-order valence-corrected chi connectivity index (χ2v) is 10.3. The normalized spacial score (nSPS) is 34.8. The minimum Gasteiger partial charge on any atom is -0.493 e. The van der Waals surface area contributed by atoms with Crippen LogP contribution < -0.4 is 4.74 Å². The van der Waals surface area contributed by atoms with Gasteiger partial charge in [-0.1, -0.05) is 51.2 Å². The van der Waals surface area contributed by atoms with Gasteiger partial charge in [0.05, 0.1) is 19.3 Å². The number of hydrogen-bond donors (Lipinski definition) is 0. The Kier molecular flexibility index (Phi) is 7.71. The molecule has 4 nitrogen and oxygen atoms in total. The highest BCUT2D eigenvalue weighted by molar-refractivity contribution is 5.22. The average Bonchev–Trinajstić information content (AvgIpc) is 3.36. The minimum atomic E-state index is 0.290. The van der Waals surface area contributed by atoms with Crippen LogP contribution in [0.2, 0.25) is 0 Å². The van der Waals surface area contributed by atoms with Gasteiger partial charge in [-0.15, -0.1) is 0 Å². The fourth-order valence-corrected chi connectivity index (χ4v) is 6.63. The molecule has 5 atom stereocenters. The highest BCUT2D eigenvalue weighted by Crippen LogP contribution is 2.58. The molecule has 0 amide bonds. The van der Waals surface area contributed by atoms with Crippen LogP contribution in [0.25, 0.3) is 0 Å². The van der Waals surface area contributed by atoms with E-state index < -0.39 is 0 Å². The Morgan fingerprint density at radius 1 is 1.19 bits per heavy atom. The molecular formula is C27H41NO3. The summed E-state index contributed by atoms with van der Waals surface area (Å²) in [5, 5.41) is 0. The molecule has 3 saturated carbocycles. The lowest BCUT2D eigenvalue weighted by atomic mass is 9.50. The van der Waals surface area contributed by atoms with Crippen molar-refractivity contribution in [2.45, 2.75) is 84.2 Å². The third-order valence-corrected chi connectivity index (χ3v) is 8.34. The van der Waals surface area contributed by atoms with E-state index in [2.05, 4.69) is 18.5 Å². The highest BCUT2D eigenvalue weighted by atomic mass is 16.7. The summed E-state index contributed by atoms with van der Waals surface area (Å²) in [4.78, 5) is 4.24. The van der Waals surface area contributed by atoms with E-state index in [1.165, 1.54) is 50.5 Å². The molecule has 5 unspecified atom stereocenters. The molecule has 1 aromatic heterocycles. The van der Waals surface area contributed by atoms with Crippen LogP contribution in [0.3, 0.4) is 0 Å². The number of pyridine rings is 1. The number of ether oxygens (including phenoxy) is 3. The van der Waals surface area contributed by atoms with Gasteiger partial charge in [0, 0.05) is 23.9 Å². The Bertz CT molecular complexity index is 723. The van der Waals surface area contributed by atoms with E-state index in [0.29, 0.717) is 30.7 Å². The zero-order valence-electron chi connectivity index (χ0n) is 19.6. The Balaban J connectivity index is 0.000000407. The molecule has 0 N–H and O–H groups in total. The smallest absolute Gasteiger partial charge is 0.147 e. The maximum atomic E-state index is 6.04. The highest BCUT2D eigenvalue weighted by Gasteiger charge is 2.53. The number of allylic oxidation sites excluding steroid dienone is 1. The van der Waals surface area contributed by atoms with Gasteiger partial charge in [0.2, 0.25) is 0 Å². The summed E-state index contributed by atoms with van der Waals surface area (Å²) in [6.45, 7) is 11.0. The van der Waals surface area contributed by atoms with Crippen molar-refractivity contribution in [2.75, 3.05) is 20.0 Å². The largest absolute Gasteiger partial charge is 0.493 e. The SMILES string of the molecule is C1CCCC1.C=C1CCC2C3COCOC3CCC2(C)C1CCOc1ccnc(C)c1. The Labute approximate surface area is 188 Å². The van der Waals surface area contributed by atoms with Crippen molar-refractivity contribution >= 4 is 0 Å². The van der Waals surface area contributed by atoms with E-state index in [0.717, 1.165) is 43.9 Å². The molecule has 5 rings (SSSR count). The number of nitrogens with zero attached hydrogens (tertiary/aromatic N) is 1. The molecule has 0 bridgehead atoms. The first-order valence-corrected chi connectivity index (χ1v) is 12.5. The van der Waals surface area contributed by atoms with E-state index in [-0.39, 0.29) is 5.41 Å². The van der Waals surface area contributed by atoms with Crippen molar-refractivity contribution in [3.05, 3.63) is 36.2 Å². The van der Waals surface area contributed by atoms with Gasteiger partial charge in [0.15, 0.2) is 0 Å². The third-order valence-electron chi connectivity index (χ3n) is 8.34. The summed E-state index contributed by atoms with van der Waals surface area (Å²) < 4.78 is 17.6. The first-order chi connectivity index (χ1) is 15.1. The van der Waals surface area contributed by atoms with Crippen LogP contribution >= 0.6 is 0 Å². The summed E-state index contributed by atoms with van der Waals surface area (Å²) >= 11 is 0. The van der Waals surface area contributed by atoms with E-state index in [9.17, 15) is 0 Å². The van der Waals surface area contributed by atoms with Gasteiger partial charge in [-0.05, 0) is 62.3 Å². The number of aryl methyl sites for hydroxylation is 1. The molecule has 1 aliphatic heterocycles. The molecule has 3 aliphatic carbocycles. The fraction of sp³-hybridized carbons (Fsp3) is 0.741. The molecule has 0 spiro atoms. The van der Waals surface area contributed by atoms with Crippen LogP contribution in [0.15, 0.2) is 30.5 Å². The zero-order chi connectivity index (χ0) is 21.7. The second kappa shape index (κ2) is 10.5. The molecule has 4 fully saturated rings. The second-order valence-electron chi connectivity index (χ2n) is 10.3. The topological polar surface area (TPSA) is 40.6 Å². The van der Waals surface area contributed by atoms with Crippen molar-refractivity contribution in [1.82, 2.24) is 4.98 Å². The van der Waals surface area contributed by atoms with Gasteiger partial charge in [0.25, 0.3) is 0 Å². The lowest BCUT2D eigenvalue weighted by Gasteiger charge is -2.57. The van der Waals surface area contributed by atoms with Crippen molar-refractivity contribution in [3.63, 3.8) is 0 Å². The van der Waals surface area contributed by atoms with Crippen LogP contribution in [-0.4, -0.2) is 31.1 Å². The maximum Gasteiger partial charge on any atom is 0.147 e. The maximum absolute atomic E-state index is 6.04. The van der Waals surface area contributed by atoms with Gasteiger partial charge in [0.1, 0.15) is 12.5 Å².